The van der Waals surface area contributed by atoms with Gasteiger partial charge >= 0.3 is 0 Å². The summed E-state index contributed by atoms with van der Waals surface area (Å²) in [5.74, 6) is 0. The summed E-state index contributed by atoms with van der Waals surface area (Å²) < 4.78 is 21.8. The molecule has 0 bridgehead atoms. The molecule has 4 nitrogen and oxygen atoms in total. The number of benzene rings is 1. The van der Waals surface area contributed by atoms with Gasteiger partial charge in [-0.3, -0.25) is 0 Å². The fourth-order valence-electron chi connectivity index (χ4n) is 1.16. The first-order valence-electron chi connectivity index (χ1n) is 4.33. The second-order valence-corrected chi connectivity index (χ2v) is 5.79. The van der Waals surface area contributed by atoms with Gasteiger partial charge in [-0.25, -0.2) is 8.42 Å². The summed E-state index contributed by atoms with van der Waals surface area (Å²) in [6.45, 7) is -0.102. The van der Waals surface area contributed by atoms with Crippen molar-refractivity contribution in [2.75, 3.05) is 6.61 Å². The van der Waals surface area contributed by atoms with Crippen molar-refractivity contribution in [3.8, 4) is 0 Å². The Labute approximate surface area is 105 Å². The van der Waals surface area contributed by atoms with Gasteiger partial charge in [0.05, 0.1) is 11.5 Å². The van der Waals surface area contributed by atoms with E-state index in [0.717, 1.165) is 5.56 Å². The zero-order valence-electron chi connectivity index (χ0n) is 8.34. The van der Waals surface area contributed by atoms with Gasteiger partial charge in [0, 0.05) is 16.7 Å². The number of halogens is 2. The van der Waals surface area contributed by atoms with Crippen LogP contribution in [0.3, 0.4) is 0 Å². The van der Waals surface area contributed by atoms with E-state index in [-0.39, 0.29) is 30.0 Å². The second kappa shape index (κ2) is 6.42. The minimum atomic E-state index is -3.66. The van der Waals surface area contributed by atoms with Crippen molar-refractivity contribution in [1.29, 1.82) is 0 Å². The van der Waals surface area contributed by atoms with Crippen molar-refractivity contribution in [3.63, 3.8) is 0 Å². The Balaban J connectivity index is 0.00000225. The second-order valence-electron chi connectivity index (χ2n) is 3.23. The summed E-state index contributed by atoms with van der Waals surface area (Å²) in [5, 5.41) is 8.74. The molecule has 1 unspecified atom stereocenters. The van der Waals surface area contributed by atoms with Crippen LogP contribution in [0.1, 0.15) is 5.56 Å². The van der Waals surface area contributed by atoms with Gasteiger partial charge in [-0.15, -0.1) is 12.4 Å². The smallest absolute Gasteiger partial charge is 0.261 e. The van der Waals surface area contributed by atoms with E-state index in [1.54, 1.807) is 12.1 Å². The molecule has 1 aromatic rings. The van der Waals surface area contributed by atoms with Crippen LogP contribution >= 0.6 is 23.1 Å². The molecule has 3 N–H and O–H groups in total. The number of hydrogen-bond donors (Lipinski definition) is 2. The first kappa shape index (κ1) is 15.7. The minimum absolute atomic E-state index is 0. The average molecular weight is 286 g/mol. The molecule has 0 aliphatic heterocycles. The van der Waals surface area contributed by atoms with E-state index in [0.29, 0.717) is 6.42 Å². The average Bonchev–Trinajstić information content (AvgIpc) is 2.17. The third kappa shape index (κ3) is 4.67. The lowest BCUT2D eigenvalue weighted by Crippen LogP contribution is -2.26. The van der Waals surface area contributed by atoms with Gasteiger partial charge < -0.3 is 10.8 Å². The van der Waals surface area contributed by atoms with Crippen LogP contribution in [0.15, 0.2) is 29.2 Å². The maximum absolute atomic E-state index is 10.9. The topological polar surface area (TPSA) is 80.4 Å². The fraction of sp³-hybridized carbons (Fsp3) is 0.333. The zero-order chi connectivity index (χ0) is 11.5. The van der Waals surface area contributed by atoms with Crippen molar-refractivity contribution in [2.24, 2.45) is 5.73 Å². The Kier molecular flexibility index (Phi) is 6.28. The molecule has 92 valence electrons. The van der Waals surface area contributed by atoms with Crippen LogP contribution in [-0.2, 0) is 15.5 Å². The highest BCUT2D eigenvalue weighted by molar-refractivity contribution is 8.13. The molecule has 0 spiro atoms. The number of hydrogen-bond acceptors (Lipinski definition) is 4. The van der Waals surface area contributed by atoms with Gasteiger partial charge in [-0.1, -0.05) is 12.1 Å². The van der Waals surface area contributed by atoms with Crippen LogP contribution in [0.4, 0.5) is 0 Å². The lowest BCUT2D eigenvalue weighted by molar-refractivity contribution is 0.265. The highest BCUT2D eigenvalue weighted by atomic mass is 35.7. The standard InChI is InChI=1S/C9H12ClNO3S.ClH/c10-15(13,14)9-3-1-7(2-4-9)5-8(11)6-12;/h1-4,8,12H,5-6,11H2;1H. The van der Waals surface area contributed by atoms with Crippen LogP contribution in [0.2, 0.25) is 0 Å². The van der Waals surface area contributed by atoms with E-state index in [1.165, 1.54) is 12.1 Å². The third-order valence-electron chi connectivity index (χ3n) is 1.94. The lowest BCUT2D eigenvalue weighted by Gasteiger charge is -2.07. The van der Waals surface area contributed by atoms with Gasteiger partial charge in [-0.2, -0.15) is 0 Å². The summed E-state index contributed by atoms with van der Waals surface area (Å²) in [7, 11) is 1.49. The SMILES string of the molecule is Cl.NC(CO)Cc1ccc(S(=O)(=O)Cl)cc1. The molecule has 0 heterocycles. The number of nitrogens with two attached hydrogens (primary N) is 1. The third-order valence-corrected chi connectivity index (χ3v) is 3.31. The Morgan fingerprint density at radius 1 is 1.31 bits per heavy atom. The van der Waals surface area contributed by atoms with Gasteiger partial charge in [0.25, 0.3) is 9.05 Å². The number of rotatable bonds is 4. The quantitative estimate of drug-likeness (QED) is 0.806. The van der Waals surface area contributed by atoms with Crippen LogP contribution in [0.5, 0.6) is 0 Å². The van der Waals surface area contributed by atoms with E-state index in [9.17, 15) is 8.42 Å². The molecule has 1 aromatic carbocycles. The van der Waals surface area contributed by atoms with Gasteiger partial charge in [0.15, 0.2) is 0 Å². The Hall–Kier alpha value is -0.330. The van der Waals surface area contributed by atoms with Crippen LogP contribution in [0, 0.1) is 0 Å². The molecule has 0 radical (unpaired) electrons. The summed E-state index contributed by atoms with van der Waals surface area (Å²) in [4.78, 5) is 0.0606. The molecule has 0 amide bonds. The van der Waals surface area contributed by atoms with Gasteiger partial charge in [0.1, 0.15) is 0 Å². The van der Waals surface area contributed by atoms with E-state index in [4.69, 9.17) is 21.5 Å². The molecular formula is C9H13Cl2NO3S. The van der Waals surface area contributed by atoms with Crippen molar-refractivity contribution in [1.82, 2.24) is 0 Å². The molecule has 0 aliphatic carbocycles. The molecular weight excluding hydrogens is 273 g/mol. The molecule has 0 aromatic heterocycles. The van der Waals surface area contributed by atoms with Crippen molar-refractivity contribution >= 4 is 32.1 Å². The van der Waals surface area contributed by atoms with Gasteiger partial charge in [-0.05, 0) is 24.1 Å². The summed E-state index contributed by atoms with van der Waals surface area (Å²) >= 11 is 0. The summed E-state index contributed by atoms with van der Waals surface area (Å²) in [6.07, 6.45) is 0.499. The minimum Gasteiger partial charge on any atom is -0.395 e. The van der Waals surface area contributed by atoms with Gasteiger partial charge in [0.2, 0.25) is 0 Å². The zero-order valence-corrected chi connectivity index (χ0v) is 10.7. The molecule has 0 saturated carbocycles. The molecule has 1 atom stereocenters. The van der Waals surface area contributed by atoms with Crippen LogP contribution in [-0.4, -0.2) is 26.2 Å². The summed E-state index contributed by atoms with van der Waals surface area (Å²) in [6, 6.07) is 5.77. The van der Waals surface area contributed by atoms with Crippen molar-refractivity contribution in [2.45, 2.75) is 17.4 Å². The van der Waals surface area contributed by atoms with E-state index in [1.807, 2.05) is 0 Å². The predicted molar refractivity (Wildman–Crippen MR) is 65.5 cm³/mol. The molecule has 0 fully saturated rings. The highest BCUT2D eigenvalue weighted by Gasteiger charge is 2.09. The van der Waals surface area contributed by atoms with E-state index >= 15 is 0 Å². The molecule has 0 aliphatic rings. The summed E-state index contributed by atoms with van der Waals surface area (Å²) in [5.41, 5.74) is 6.40. The molecule has 1 rings (SSSR count). The monoisotopic (exact) mass is 285 g/mol. The maximum atomic E-state index is 10.9. The predicted octanol–water partition coefficient (Wildman–Crippen LogP) is 0.898. The molecule has 0 saturated heterocycles. The lowest BCUT2D eigenvalue weighted by atomic mass is 10.1. The number of aliphatic hydroxyl groups is 1. The van der Waals surface area contributed by atoms with Crippen LogP contribution < -0.4 is 5.73 Å². The molecule has 16 heavy (non-hydrogen) atoms. The number of aliphatic hydroxyl groups excluding tert-OH is 1. The first-order chi connectivity index (χ1) is 6.93. The maximum Gasteiger partial charge on any atom is 0.261 e. The van der Waals surface area contributed by atoms with Crippen molar-refractivity contribution < 1.29 is 13.5 Å². The normalized spacial score (nSPS) is 12.9. The fourth-order valence-corrected chi connectivity index (χ4v) is 1.93. The highest BCUT2D eigenvalue weighted by Crippen LogP contribution is 2.15. The molecule has 7 heteroatoms. The van der Waals surface area contributed by atoms with Crippen LogP contribution in [0.25, 0.3) is 0 Å². The largest absolute Gasteiger partial charge is 0.395 e. The Morgan fingerprint density at radius 2 is 1.81 bits per heavy atom. The van der Waals surface area contributed by atoms with E-state index < -0.39 is 9.05 Å². The first-order valence-corrected chi connectivity index (χ1v) is 6.64. The Bertz CT molecular complexity index is 419. The Morgan fingerprint density at radius 3 is 2.19 bits per heavy atom. The van der Waals surface area contributed by atoms with Crippen molar-refractivity contribution in [3.05, 3.63) is 29.8 Å². The van der Waals surface area contributed by atoms with E-state index in [2.05, 4.69) is 0 Å².